The molecule has 7 nitrogen and oxygen atoms in total. The summed E-state index contributed by atoms with van der Waals surface area (Å²) in [5, 5.41) is 12.9. The Labute approximate surface area is 178 Å². The fraction of sp³-hybridized carbons (Fsp3) is 0.125. The second-order valence-corrected chi connectivity index (χ2v) is 7.00. The molecule has 4 aromatic rings. The van der Waals surface area contributed by atoms with Gasteiger partial charge in [0.1, 0.15) is 11.5 Å². The molecule has 2 aromatic carbocycles. The molecule has 2 N–H and O–H groups in total. The third kappa shape index (κ3) is 4.56. The van der Waals surface area contributed by atoms with E-state index in [2.05, 4.69) is 10.3 Å². The molecule has 1 atom stereocenters. The monoisotopic (exact) mass is 416 g/mol. The van der Waals surface area contributed by atoms with Gasteiger partial charge in [-0.15, -0.1) is 0 Å². The molecule has 0 bridgehead atoms. The molecule has 0 saturated heterocycles. The topological polar surface area (TPSA) is 102 Å². The quantitative estimate of drug-likeness (QED) is 0.456. The summed E-state index contributed by atoms with van der Waals surface area (Å²) >= 11 is 0. The van der Waals surface area contributed by atoms with E-state index in [4.69, 9.17) is 9.15 Å². The van der Waals surface area contributed by atoms with Gasteiger partial charge in [0, 0.05) is 10.9 Å². The van der Waals surface area contributed by atoms with Gasteiger partial charge in [-0.05, 0) is 55.5 Å². The number of nitrogens with zero attached hydrogens (tertiary/aromatic N) is 1. The van der Waals surface area contributed by atoms with E-state index < -0.39 is 18.5 Å². The summed E-state index contributed by atoms with van der Waals surface area (Å²) in [5.74, 6) is -0.314. The van der Waals surface area contributed by atoms with Crippen molar-refractivity contribution >= 4 is 22.8 Å². The maximum absolute atomic E-state index is 12.8. The first-order valence-electron chi connectivity index (χ1n) is 9.70. The Kier molecular flexibility index (Phi) is 5.66. The normalized spacial score (nSPS) is 11.8. The zero-order valence-corrected chi connectivity index (χ0v) is 16.7. The Bertz CT molecular complexity index is 1220. The second kappa shape index (κ2) is 8.71. The third-order valence-electron chi connectivity index (χ3n) is 4.78. The van der Waals surface area contributed by atoms with Crippen molar-refractivity contribution in [2.75, 3.05) is 6.61 Å². The molecule has 0 unspecified atom stereocenters. The number of amides is 1. The van der Waals surface area contributed by atoms with Gasteiger partial charge < -0.3 is 19.6 Å². The molecule has 0 spiro atoms. The molecule has 2 heterocycles. The van der Waals surface area contributed by atoms with Gasteiger partial charge in [0.15, 0.2) is 6.61 Å². The molecule has 156 valence electrons. The molecule has 7 heteroatoms. The number of phenols is 1. The minimum atomic E-state index is -0.626. The fourth-order valence-electron chi connectivity index (χ4n) is 3.23. The van der Waals surface area contributed by atoms with E-state index in [0.717, 1.165) is 5.56 Å². The summed E-state index contributed by atoms with van der Waals surface area (Å²) in [6, 6.07) is 18.5. The fourth-order valence-corrected chi connectivity index (χ4v) is 3.23. The lowest BCUT2D eigenvalue weighted by Gasteiger charge is -2.13. The summed E-state index contributed by atoms with van der Waals surface area (Å²) in [7, 11) is 0. The predicted octanol–water partition coefficient (Wildman–Crippen LogP) is 4.23. The Balaban J connectivity index is 1.54. The number of aromatic hydroxyl groups is 1. The lowest BCUT2D eigenvalue weighted by molar-refractivity contribution is -0.125. The van der Waals surface area contributed by atoms with E-state index in [1.807, 2.05) is 6.07 Å². The van der Waals surface area contributed by atoms with Gasteiger partial charge in [-0.1, -0.05) is 18.2 Å². The van der Waals surface area contributed by atoms with Gasteiger partial charge in [0.2, 0.25) is 0 Å². The van der Waals surface area contributed by atoms with E-state index >= 15 is 0 Å². The highest BCUT2D eigenvalue weighted by molar-refractivity contribution is 6.05. The molecule has 1 amide bonds. The van der Waals surface area contributed by atoms with Gasteiger partial charge in [-0.25, -0.2) is 9.78 Å². The molecule has 2 aromatic heterocycles. The highest BCUT2D eigenvalue weighted by Gasteiger charge is 2.18. The molecule has 0 aliphatic carbocycles. The smallest absolute Gasteiger partial charge is 0.339 e. The minimum absolute atomic E-state index is 0.138. The van der Waals surface area contributed by atoms with Crippen LogP contribution in [0.3, 0.4) is 0 Å². The van der Waals surface area contributed by atoms with Crippen molar-refractivity contribution in [1.82, 2.24) is 10.3 Å². The standard InChI is InChI=1S/C24H20N2O5/c1-15(22-7-4-12-30-22)25-23(28)14-31-24(29)19-13-21(16-8-10-17(27)11-9-16)26-20-6-3-2-5-18(19)20/h2-13,15,27H,14H2,1H3,(H,25,28)/t15-/m1/s1. The SMILES string of the molecule is C[C@@H](NC(=O)COC(=O)c1cc(-c2ccc(O)cc2)nc2ccccc12)c1ccco1. The Morgan fingerprint density at radius 2 is 1.87 bits per heavy atom. The maximum Gasteiger partial charge on any atom is 0.339 e. The van der Waals surface area contributed by atoms with Crippen LogP contribution in [0.4, 0.5) is 0 Å². The summed E-state index contributed by atoms with van der Waals surface area (Å²) < 4.78 is 10.5. The van der Waals surface area contributed by atoms with E-state index in [0.29, 0.717) is 27.9 Å². The molecule has 31 heavy (non-hydrogen) atoms. The van der Waals surface area contributed by atoms with Crippen molar-refractivity contribution in [2.45, 2.75) is 13.0 Å². The number of benzene rings is 2. The van der Waals surface area contributed by atoms with Crippen molar-refractivity contribution in [2.24, 2.45) is 0 Å². The highest BCUT2D eigenvalue weighted by atomic mass is 16.5. The number of para-hydroxylation sites is 1. The number of ether oxygens (including phenoxy) is 1. The van der Waals surface area contributed by atoms with Crippen LogP contribution in [0.15, 0.2) is 77.4 Å². The average Bonchev–Trinajstić information content (AvgIpc) is 3.32. The van der Waals surface area contributed by atoms with Crippen LogP contribution in [-0.2, 0) is 9.53 Å². The summed E-state index contributed by atoms with van der Waals surface area (Å²) in [6.45, 7) is 1.36. The zero-order chi connectivity index (χ0) is 21.8. The van der Waals surface area contributed by atoms with Crippen molar-refractivity contribution in [3.8, 4) is 17.0 Å². The number of hydrogen-bond donors (Lipinski definition) is 2. The van der Waals surface area contributed by atoms with Crippen LogP contribution >= 0.6 is 0 Å². The lowest BCUT2D eigenvalue weighted by Crippen LogP contribution is -2.31. The number of furan rings is 1. The molecule has 0 aliphatic rings. The van der Waals surface area contributed by atoms with Crippen LogP contribution in [0.1, 0.15) is 29.1 Å². The number of carbonyl (C=O) groups excluding carboxylic acids is 2. The number of esters is 1. The Hall–Kier alpha value is -4.13. The number of carbonyl (C=O) groups is 2. The number of hydrogen-bond acceptors (Lipinski definition) is 6. The first-order chi connectivity index (χ1) is 15.0. The van der Waals surface area contributed by atoms with Crippen LogP contribution in [0.5, 0.6) is 5.75 Å². The molecular weight excluding hydrogens is 396 g/mol. The summed E-state index contributed by atoms with van der Waals surface area (Å²) in [6.07, 6.45) is 1.53. The van der Waals surface area contributed by atoms with Gasteiger partial charge in [-0.3, -0.25) is 4.79 Å². The number of pyridine rings is 1. The van der Waals surface area contributed by atoms with Gasteiger partial charge in [-0.2, -0.15) is 0 Å². The number of fused-ring (bicyclic) bond motifs is 1. The minimum Gasteiger partial charge on any atom is -0.508 e. The number of nitrogens with one attached hydrogen (secondary N) is 1. The van der Waals surface area contributed by atoms with E-state index in [1.165, 1.54) is 6.26 Å². The predicted molar refractivity (Wildman–Crippen MR) is 114 cm³/mol. The van der Waals surface area contributed by atoms with Crippen molar-refractivity contribution in [1.29, 1.82) is 0 Å². The number of phenolic OH excluding ortho intramolecular Hbond substituents is 1. The van der Waals surface area contributed by atoms with E-state index in [1.54, 1.807) is 67.6 Å². The van der Waals surface area contributed by atoms with Crippen LogP contribution in [-0.4, -0.2) is 28.6 Å². The van der Waals surface area contributed by atoms with Crippen molar-refractivity contribution in [3.63, 3.8) is 0 Å². The zero-order valence-electron chi connectivity index (χ0n) is 16.7. The number of rotatable bonds is 6. The largest absolute Gasteiger partial charge is 0.508 e. The molecule has 0 saturated carbocycles. The van der Waals surface area contributed by atoms with Gasteiger partial charge in [0.05, 0.1) is 29.1 Å². The van der Waals surface area contributed by atoms with Crippen LogP contribution < -0.4 is 5.32 Å². The lowest BCUT2D eigenvalue weighted by atomic mass is 10.0. The first kappa shape index (κ1) is 20.2. The van der Waals surface area contributed by atoms with Crippen molar-refractivity contribution < 1.29 is 23.8 Å². The van der Waals surface area contributed by atoms with Crippen LogP contribution in [0.2, 0.25) is 0 Å². The van der Waals surface area contributed by atoms with Crippen LogP contribution in [0.25, 0.3) is 22.2 Å². The molecule has 0 radical (unpaired) electrons. The molecule has 4 rings (SSSR count). The van der Waals surface area contributed by atoms with Crippen molar-refractivity contribution in [3.05, 3.63) is 84.3 Å². The van der Waals surface area contributed by atoms with E-state index in [-0.39, 0.29) is 11.8 Å². The molecule has 0 aliphatic heterocycles. The highest BCUT2D eigenvalue weighted by Crippen LogP contribution is 2.26. The van der Waals surface area contributed by atoms with Gasteiger partial charge in [0.25, 0.3) is 5.91 Å². The number of aromatic nitrogens is 1. The Morgan fingerprint density at radius 1 is 1.10 bits per heavy atom. The summed E-state index contributed by atoms with van der Waals surface area (Å²) in [5.41, 5.74) is 2.22. The Morgan fingerprint density at radius 3 is 2.61 bits per heavy atom. The van der Waals surface area contributed by atoms with Gasteiger partial charge >= 0.3 is 5.97 Å². The molecular formula is C24H20N2O5. The summed E-state index contributed by atoms with van der Waals surface area (Å²) in [4.78, 5) is 29.6. The third-order valence-corrected chi connectivity index (χ3v) is 4.78. The average molecular weight is 416 g/mol. The molecule has 0 fully saturated rings. The maximum atomic E-state index is 12.8. The van der Waals surface area contributed by atoms with Crippen LogP contribution in [0, 0.1) is 0 Å². The second-order valence-electron chi connectivity index (χ2n) is 7.00. The first-order valence-corrected chi connectivity index (χ1v) is 9.70. The van der Waals surface area contributed by atoms with E-state index in [9.17, 15) is 14.7 Å².